The molecule has 1 aromatic carbocycles. The molecule has 1 aromatic rings. The average molecular weight is 305 g/mol. The quantitative estimate of drug-likeness (QED) is 0.848. The van der Waals surface area contributed by atoms with Crippen LogP contribution in [0.5, 0.6) is 5.75 Å². The van der Waals surface area contributed by atoms with Gasteiger partial charge < -0.3 is 19.9 Å². The second-order valence-electron chi connectivity index (χ2n) is 6.61. The third kappa shape index (κ3) is 4.45. The minimum Gasteiger partial charge on any atom is -0.490 e. The zero-order valence-corrected chi connectivity index (χ0v) is 13.2. The maximum atomic E-state index is 10.4. The number of ether oxygens (including phenoxy) is 2. The van der Waals surface area contributed by atoms with Crippen molar-refractivity contribution in [1.29, 1.82) is 0 Å². The molecule has 0 atom stereocenters. The van der Waals surface area contributed by atoms with Crippen LogP contribution < -0.4 is 10.1 Å². The molecule has 0 amide bonds. The fourth-order valence-corrected chi connectivity index (χ4v) is 3.30. The molecule has 0 unspecified atom stereocenters. The molecule has 4 heteroatoms. The maximum Gasteiger partial charge on any atom is 0.120 e. The summed E-state index contributed by atoms with van der Waals surface area (Å²) in [4.78, 5) is 0. The molecular formula is C18H27NO3. The van der Waals surface area contributed by atoms with Crippen molar-refractivity contribution in [2.24, 2.45) is 0 Å². The van der Waals surface area contributed by atoms with Crippen molar-refractivity contribution < 1.29 is 14.6 Å². The molecule has 0 spiro atoms. The SMILES string of the molecule is OC1(CNCc2cccc(OC3CCCC3)c2)CCOCC1. The highest BCUT2D eigenvalue weighted by Crippen LogP contribution is 2.24. The Balaban J connectivity index is 1.47. The molecule has 3 rings (SSSR count). The largest absolute Gasteiger partial charge is 0.490 e. The lowest BCUT2D eigenvalue weighted by Crippen LogP contribution is -2.44. The van der Waals surface area contributed by atoms with E-state index in [1.165, 1.54) is 31.2 Å². The van der Waals surface area contributed by atoms with Gasteiger partial charge in [0.05, 0.1) is 11.7 Å². The van der Waals surface area contributed by atoms with Crippen molar-refractivity contribution in [1.82, 2.24) is 5.32 Å². The second kappa shape index (κ2) is 7.44. The lowest BCUT2D eigenvalue weighted by Gasteiger charge is -2.32. The lowest BCUT2D eigenvalue weighted by molar-refractivity contribution is -0.0617. The second-order valence-corrected chi connectivity index (χ2v) is 6.61. The Morgan fingerprint density at radius 1 is 1.23 bits per heavy atom. The van der Waals surface area contributed by atoms with Crippen LogP contribution in [-0.2, 0) is 11.3 Å². The van der Waals surface area contributed by atoms with Crippen LogP contribution in [-0.4, -0.2) is 36.6 Å². The molecule has 22 heavy (non-hydrogen) atoms. The highest BCUT2D eigenvalue weighted by molar-refractivity contribution is 5.28. The first-order valence-corrected chi connectivity index (χ1v) is 8.50. The summed E-state index contributed by atoms with van der Waals surface area (Å²) in [6.07, 6.45) is 6.75. The molecule has 1 saturated heterocycles. The van der Waals surface area contributed by atoms with E-state index in [-0.39, 0.29) is 0 Å². The number of benzene rings is 1. The maximum absolute atomic E-state index is 10.4. The van der Waals surface area contributed by atoms with Crippen LogP contribution in [0, 0.1) is 0 Å². The fourth-order valence-electron chi connectivity index (χ4n) is 3.30. The summed E-state index contributed by atoms with van der Waals surface area (Å²) in [5.41, 5.74) is 0.585. The summed E-state index contributed by atoms with van der Waals surface area (Å²) < 4.78 is 11.3. The normalized spacial score (nSPS) is 21.9. The summed E-state index contributed by atoms with van der Waals surface area (Å²) in [5.74, 6) is 0.968. The van der Waals surface area contributed by atoms with Gasteiger partial charge in [0.1, 0.15) is 5.75 Å². The third-order valence-electron chi connectivity index (χ3n) is 4.71. The first kappa shape index (κ1) is 15.8. The Hall–Kier alpha value is -1.10. The molecule has 2 fully saturated rings. The van der Waals surface area contributed by atoms with E-state index in [4.69, 9.17) is 9.47 Å². The van der Waals surface area contributed by atoms with Crippen molar-refractivity contribution in [3.8, 4) is 5.75 Å². The monoisotopic (exact) mass is 305 g/mol. The smallest absolute Gasteiger partial charge is 0.120 e. The predicted octanol–water partition coefficient (Wildman–Crippen LogP) is 2.64. The molecule has 2 aliphatic rings. The summed E-state index contributed by atoms with van der Waals surface area (Å²) in [6.45, 7) is 2.68. The first-order chi connectivity index (χ1) is 10.7. The summed E-state index contributed by atoms with van der Waals surface area (Å²) in [6, 6.07) is 8.29. The molecule has 4 nitrogen and oxygen atoms in total. The van der Waals surface area contributed by atoms with Crippen LogP contribution in [0.4, 0.5) is 0 Å². The van der Waals surface area contributed by atoms with Gasteiger partial charge in [-0.25, -0.2) is 0 Å². The molecule has 0 bridgehead atoms. The highest BCUT2D eigenvalue weighted by atomic mass is 16.5. The van der Waals surface area contributed by atoms with E-state index in [2.05, 4.69) is 17.4 Å². The molecule has 1 aliphatic carbocycles. The first-order valence-electron chi connectivity index (χ1n) is 8.50. The van der Waals surface area contributed by atoms with Crippen LogP contribution in [0.1, 0.15) is 44.1 Å². The molecule has 1 saturated carbocycles. The van der Waals surface area contributed by atoms with Gasteiger partial charge in [-0.05, 0) is 43.4 Å². The Morgan fingerprint density at radius 2 is 2.00 bits per heavy atom. The van der Waals surface area contributed by atoms with Crippen LogP contribution >= 0.6 is 0 Å². The fraction of sp³-hybridized carbons (Fsp3) is 0.667. The highest BCUT2D eigenvalue weighted by Gasteiger charge is 2.29. The number of hydrogen-bond donors (Lipinski definition) is 2. The number of aliphatic hydroxyl groups is 1. The minimum absolute atomic E-state index is 0.395. The molecule has 122 valence electrons. The van der Waals surface area contributed by atoms with E-state index in [0.29, 0.717) is 38.7 Å². The van der Waals surface area contributed by atoms with Crippen molar-refractivity contribution in [2.45, 2.75) is 56.8 Å². The standard InChI is InChI=1S/C18H27NO3/c20-18(8-10-21-11-9-18)14-19-13-15-4-3-7-17(12-15)22-16-5-1-2-6-16/h3-4,7,12,16,19-20H,1-2,5-6,8-11,13-14H2. The Labute approximate surface area is 132 Å². The Morgan fingerprint density at radius 3 is 2.77 bits per heavy atom. The van der Waals surface area contributed by atoms with E-state index < -0.39 is 5.60 Å². The average Bonchev–Trinajstić information content (AvgIpc) is 3.01. The van der Waals surface area contributed by atoms with Crippen molar-refractivity contribution in [3.63, 3.8) is 0 Å². The van der Waals surface area contributed by atoms with Gasteiger partial charge in [-0.2, -0.15) is 0 Å². The number of hydrogen-bond acceptors (Lipinski definition) is 4. The summed E-state index contributed by atoms with van der Waals surface area (Å²) in [5, 5.41) is 13.8. The van der Waals surface area contributed by atoms with E-state index in [1.54, 1.807) is 0 Å². The van der Waals surface area contributed by atoms with Crippen molar-refractivity contribution in [2.75, 3.05) is 19.8 Å². The third-order valence-corrected chi connectivity index (χ3v) is 4.71. The molecule has 2 N–H and O–H groups in total. The van der Waals surface area contributed by atoms with Crippen LogP contribution in [0.25, 0.3) is 0 Å². The van der Waals surface area contributed by atoms with E-state index >= 15 is 0 Å². The van der Waals surface area contributed by atoms with Crippen LogP contribution in [0.2, 0.25) is 0 Å². The Bertz CT molecular complexity index is 465. The van der Waals surface area contributed by atoms with Crippen molar-refractivity contribution in [3.05, 3.63) is 29.8 Å². The zero-order chi connectivity index (χ0) is 15.3. The van der Waals surface area contributed by atoms with Gasteiger partial charge in [0.15, 0.2) is 0 Å². The summed E-state index contributed by atoms with van der Waals surface area (Å²) in [7, 11) is 0. The van der Waals surface area contributed by atoms with Crippen LogP contribution in [0.15, 0.2) is 24.3 Å². The van der Waals surface area contributed by atoms with E-state index in [9.17, 15) is 5.11 Å². The van der Waals surface area contributed by atoms with E-state index in [0.717, 1.165) is 12.3 Å². The van der Waals surface area contributed by atoms with Gasteiger partial charge in [0.25, 0.3) is 0 Å². The molecule has 0 radical (unpaired) electrons. The van der Waals surface area contributed by atoms with Gasteiger partial charge in [-0.15, -0.1) is 0 Å². The zero-order valence-electron chi connectivity index (χ0n) is 13.2. The van der Waals surface area contributed by atoms with Gasteiger partial charge in [-0.3, -0.25) is 0 Å². The number of nitrogens with one attached hydrogen (secondary N) is 1. The Kier molecular flexibility index (Phi) is 5.34. The summed E-state index contributed by atoms with van der Waals surface area (Å²) >= 11 is 0. The number of rotatable bonds is 6. The molecule has 1 aliphatic heterocycles. The molecular weight excluding hydrogens is 278 g/mol. The van der Waals surface area contributed by atoms with Crippen LogP contribution in [0.3, 0.4) is 0 Å². The van der Waals surface area contributed by atoms with Crippen molar-refractivity contribution >= 4 is 0 Å². The van der Waals surface area contributed by atoms with E-state index in [1.807, 2.05) is 12.1 Å². The topological polar surface area (TPSA) is 50.7 Å². The predicted molar refractivity (Wildman–Crippen MR) is 86.0 cm³/mol. The minimum atomic E-state index is -0.615. The van der Waals surface area contributed by atoms with Gasteiger partial charge >= 0.3 is 0 Å². The molecule has 0 aromatic heterocycles. The van der Waals surface area contributed by atoms with Gasteiger partial charge in [-0.1, -0.05) is 12.1 Å². The van der Waals surface area contributed by atoms with Gasteiger partial charge in [0, 0.05) is 39.1 Å². The van der Waals surface area contributed by atoms with Gasteiger partial charge in [0.2, 0.25) is 0 Å². The lowest BCUT2D eigenvalue weighted by atomic mass is 9.94. The molecule has 1 heterocycles.